The standard InChI is InChI=1S/C18H34N4O2.HI/c1-14(2)13-24-11-9-20-18(19-3)21-16-8-10-22(12-16)17(23)15-6-4-5-7-15;/h14-16H,4-13H2,1-3H3,(H2,19,20,21);1H. The molecule has 0 spiro atoms. The van der Waals surface area contributed by atoms with Crippen LogP contribution in [-0.2, 0) is 9.53 Å². The maximum Gasteiger partial charge on any atom is 0.225 e. The highest BCUT2D eigenvalue weighted by atomic mass is 127. The summed E-state index contributed by atoms with van der Waals surface area (Å²) < 4.78 is 5.57. The summed E-state index contributed by atoms with van der Waals surface area (Å²) in [5.74, 6) is 1.99. The lowest BCUT2D eigenvalue weighted by atomic mass is 10.1. The van der Waals surface area contributed by atoms with Gasteiger partial charge in [0.15, 0.2) is 5.96 Å². The van der Waals surface area contributed by atoms with Gasteiger partial charge in [-0.25, -0.2) is 0 Å². The van der Waals surface area contributed by atoms with Crippen LogP contribution in [0.25, 0.3) is 0 Å². The van der Waals surface area contributed by atoms with Crippen LogP contribution in [0.4, 0.5) is 0 Å². The van der Waals surface area contributed by atoms with Gasteiger partial charge in [-0.05, 0) is 25.2 Å². The number of nitrogens with zero attached hydrogens (tertiary/aromatic N) is 2. The number of halogens is 1. The molecule has 1 unspecified atom stereocenters. The Balaban J connectivity index is 0.00000312. The molecule has 1 amide bonds. The zero-order valence-corrected chi connectivity index (χ0v) is 18.3. The molecule has 2 fully saturated rings. The molecule has 1 saturated carbocycles. The summed E-state index contributed by atoms with van der Waals surface area (Å²) in [5, 5.41) is 6.71. The molecule has 2 rings (SSSR count). The minimum Gasteiger partial charge on any atom is -0.379 e. The van der Waals surface area contributed by atoms with E-state index < -0.39 is 0 Å². The van der Waals surface area contributed by atoms with Gasteiger partial charge in [0.25, 0.3) is 0 Å². The van der Waals surface area contributed by atoms with Crippen molar-refractivity contribution in [1.29, 1.82) is 0 Å². The first-order chi connectivity index (χ1) is 11.6. The maximum absolute atomic E-state index is 12.5. The lowest BCUT2D eigenvalue weighted by Gasteiger charge is -2.21. The largest absolute Gasteiger partial charge is 0.379 e. The second kappa shape index (κ2) is 11.9. The Morgan fingerprint density at radius 3 is 2.64 bits per heavy atom. The summed E-state index contributed by atoms with van der Waals surface area (Å²) in [4.78, 5) is 18.8. The number of likely N-dealkylation sites (tertiary alicyclic amines) is 1. The van der Waals surface area contributed by atoms with Crippen molar-refractivity contribution in [3.63, 3.8) is 0 Å². The van der Waals surface area contributed by atoms with Crippen molar-refractivity contribution in [2.24, 2.45) is 16.8 Å². The van der Waals surface area contributed by atoms with Crippen LogP contribution in [0.3, 0.4) is 0 Å². The van der Waals surface area contributed by atoms with Crippen LogP contribution in [0.5, 0.6) is 0 Å². The number of aliphatic imine (C=N–C) groups is 1. The van der Waals surface area contributed by atoms with Gasteiger partial charge in [-0.15, -0.1) is 24.0 Å². The maximum atomic E-state index is 12.5. The normalized spacial score (nSPS) is 21.5. The highest BCUT2D eigenvalue weighted by molar-refractivity contribution is 14.0. The Morgan fingerprint density at radius 2 is 2.00 bits per heavy atom. The molecule has 2 aliphatic rings. The average molecular weight is 466 g/mol. The van der Waals surface area contributed by atoms with E-state index in [1.807, 2.05) is 4.90 Å². The molecule has 0 bridgehead atoms. The molecule has 0 radical (unpaired) electrons. The second-order valence-electron chi connectivity index (χ2n) is 7.36. The first-order valence-corrected chi connectivity index (χ1v) is 9.44. The number of carbonyl (C=O) groups excluding carboxylic acids is 1. The summed E-state index contributed by atoms with van der Waals surface area (Å²) in [7, 11) is 1.78. The lowest BCUT2D eigenvalue weighted by molar-refractivity contribution is -0.134. The Morgan fingerprint density at radius 1 is 1.28 bits per heavy atom. The summed E-state index contributed by atoms with van der Waals surface area (Å²) >= 11 is 0. The van der Waals surface area contributed by atoms with Crippen LogP contribution >= 0.6 is 24.0 Å². The van der Waals surface area contributed by atoms with Gasteiger partial charge in [-0.2, -0.15) is 0 Å². The molecular formula is C18H35IN4O2. The zero-order chi connectivity index (χ0) is 17.4. The van der Waals surface area contributed by atoms with Crippen LogP contribution in [0, 0.1) is 11.8 Å². The zero-order valence-electron chi connectivity index (χ0n) is 15.9. The Hall–Kier alpha value is -0.570. The highest BCUT2D eigenvalue weighted by Gasteiger charge is 2.32. The molecule has 7 heteroatoms. The number of ether oxygens (including phenoxy) is 1. The third-order valence-electron chi connectivity index (χ3n) is 4.76. The molecule has 1 saturated heterocycles. The Labute approximate surface area is 169 Å². The summed E-state index contributed by atoms with van der Waals surface area (Å²) in [6.45, 7) is 8.15. The van der Waals surface area contributed by atoms with Crippen molar-refractivity contribution in [2.45, 2.75) is 52.0 Å². The smallest absolute Gasteiger partial charge is 0.225 e. The molecule has 2 N–H and O–H groups in total. The molecule has 0 aromatic rings. The molecule has 146 valence electrons. The van der Waals surface area contributed by atoms with Gasteiger partial charge in [0.2, 0.25) is 5.91 Å². The van der Waals surface area contributed by atoms with Crippen LogP contribution in [0.1, 0.15) is 46.0 Å². The van der Waals surface area contributed by atoms with Gasteiger partial charge in [0.05, 0.1) is 6.61 Å². The predicted molar refractivity (Wildman–Crippen MR) is 113 cm³/mol. The molecule has 25 heavy (non-hydrogen) atoms. The number of guanidine groups is 1. The number of carbonyl (C=O) groups is 1. The average Bonchev–Trinajstić information content (AvgIpc) is 3.24. The van der Waals surface area contributed by atoms with Crippen molar-refractivity contribution in [3.8, 4) is 0 Å². The first-order valence-electron chi connectivity index (χ1n) is 9.44. The number of rotatable bonds is 7. The van der Waals surface area contributed by atoms with Crippen LogP contribution < -0.4 is 10.6 Å². The van der Waals surface area contributed by atoms with E-state index >= 15 is 0 Å². The number of hydrogen-bond acceptors (Lipinski definition) is 3. The van der Waals surface area contributed by atoms with Crippen LogP contribution in [0.15, 0.2) is 4.99 Å². The van der Waals surface area contributed by atoms with E-state index in [-0.39, 0.29) is 35.9 Å². The van der Waals surface area contributed by atoms with E-state index in [0.29, 0.717) is 18.4 Å². The Kier molecular flexibility index (Phi) is 10.7. The fraction of sp³-hybridized carbons (Fsp3) is 0.889. The van der Waals surface area contributed by atoms with Gasteiger partial charge in [0, 0.05) is 45.2 Å². The van der Waals surface area contributed by atoms with Crippen molar-refractivity contribution in [3.05, 3.63) is 0 Å². The van der Waals surface area contributed by atoms with Gasteiger partial charge in [-0.1, -0.05) is 26.7 Å². The predicted octanol–water partition coefficient (Wildman–Crippen LogP) is 2.23. The molecule has 1 heterocycles. The number of nitrogens with one attached hydrogen (secondary N) is 2. The molecular weight excluding hydrogens is 431 g/mol. The lowest BCUT2D eigenvalue weighted by Crippen LogP contribution is -2.46. The van der Waals surface area contributed by atoms with E-state index in [4.69, 9.17) is 4.74 Å². The summed E-state index contributed by atoms with van der Waals surface area (Å²) in [6, 6.07) is 0.290. The molecule has 1 aliphatic carbocycles. The van der Waals surface area contributed by atoms with Crippen molar-refractivity contribution < 1.29 is 9.53 Å². The third kappa shape index (κ3) is 7.68. The van der Waals surface area contributed by atoms with Crippen molar-refractivity contribution >= 4 is 35.8 Å². The number of amides is 1. The highest BCUT2D eigenvalue weighted by Crippen LogP contribution is 2.27. The summed E-state index contributed by atoms with van der Waals surface area (Å²) in [6.07, 6.45) is 5.56. The third-order valence-corrected chi connectivity index (χ3v) is 4.76. The fourth-order valence-electron chi connectivity index (χ4n) is 3.46. The molecule has 1 aliphatic heterocycles. The second-order valence-corrected chi connectivity index (χ2v) is 7.36. The topological polar surface area (TPSA) is 66.0 Å². The molecule has 0 aromatic heterocycles. The fourth-order valence-corrected chi connectivity index (χ4v) is 3.46. The van der Waals surface area contributed by atoms with Gasteiger partial charge in [0.1, 0.15) is 0 Å². The number of hydrogen-bond donors (Lipinski definition) is 2. The van der Waals surface area contributed by atoms with Crippen LogP contribution in [-0.4, -0.2) is 62.7 Å². The minimum absolute atomic E-state index is 0. The SMILES string of the molecule is CN=C(NCCOCC(C)C)NC1CCN(C(=O)C2CCCC2)C1.I. The Bertz CT molecular complexity index is 425. The molecule has 6 nitrogen and oxygen atoms in total. The molecule has 1 atom stereocenters. The van der Waals surface area contributed by atoms with E-state index in [1.54, 1.807) is 7.05 Å². The van der Waals surface area contributed by atoms with E-state index in [9.17, 15) is 4.79 Å². The summed E-state index contributed by atoms with van der Waals surface area (Å²) in [5.41, 5.74) is 0. The molecule has 0 aromatic carbocycles. The van der Waals surface area contributed by atoms with E-state index in [2.05, 4.69) is 29.5 Å². The van der Waals surface area contributed by atoms with Gasteiger partial charge >= 0.3 is 0 Å². The van der Waals surface area contributed by atoms with Crippen molar-refractivity contribution in [2.75, 3.05) is 39.9 Å². The van der Waals surface area contributed by atoms with Gasteiger partial charge < -0.3 is 20.3 Å². The van der Waals surface area contributed by atoms with E-state index in [0.717, 1.165) is 51.5 Å². The van der Waals surface area contributed by atoms with Crippen molar-refractivity contribution in [1.82, 2.24) is 15.5 Å². The quantitative estimate of drug-likeness (QED) is 0.262. The minimum atomic E-state index is 0. The van der Waals surface area contributed by atoms with Crippen LogP contribution in [0.2, 0.25) is 0 Å². The van der Waals surface area contributed by atoms with E-state index in [1.165, 1.54) is 12.8 Å². The monoisotopic (exact) mass is 466 g/mol. The first kappa shape index (κ1) is 22.5. The van der Waals surface area contributed by atoms with Gasteiger partial charge in [-0.3, -0.25) is 9.79 Å².